The standard InChI is InChI=1S/C16H13BrF3N3O2/c1-23(13(14(21)24)9-3-2-4-11(17)7-9)15(25)10-5-6-12(22-8-10)16(18,19)20/h2-8,13H,1H3,(H2,21,24)/t13-/m0/s1. The number of halogens is 4. The van der Waals surface area contributed by atoms with Crippen LogP contribution in [0.5, 0.6) is 0 Å². The molecular weight excluding hydrogens is 403 g/mol. The largest absolute Gasteiger partial charge is 0.433 e. The lowest BCUT2D eigenvalue weighted by Crippen LogP contribution is -2.39. The lowest BCUT2D eigenvalue weighted by molar-refractivity contribution is -0.141. The summed E-state index contributed by atoms with van der Waals surface area (Å²) in [5, 5.41) is 0. The van der Waals surface area contributed by atoms with Gasteiger partial charge in [-0.15, -0.1) is 0 Å². The van der Waals surface area contributed by atoms with Gasteiger partial charge < -0.3 is 10.6 Å². The Morgan fingerprint density at radius 3 is 2.40 bits per heavy atom. The first kappa shape index (κ1) is 18.9. The molecule has 9 heteroatoms. The van der Waals surface area contributed by atoms with E-state index in [1.807, 2.05) is 0 Å². The van der Waals surface area contributed by atoms with Crippen molar-refractivity contribution in [1.82, 2.24) is 9.88 Å². The van der Waals surface area contributed by atoms with Gasteiger partial charge in [0.25, 0.3) is 5.91 Å². The maximum atomic E-state index is 12.5. The summed E-state index contributed by atoms with van der Waals surface area (Å²) in [4.78, 5) is 28.6. The number of primary amides is 1. The number of likely N-dealkylation sites (N-methyl/N-ethyl adjacent to an activating group) is 1. The zero-order chi connectivity index (χ0) is 18.8. The Balaban J connectivity index is 2.31. The molecule has 132 valence electrons. The van der Waals surface area contributed by atoms with Gasteiger partial charge in [0.2, 0.25) is 5.91 Å². The van der Waals surface area contributed by atoms with E-state index in [0.717, 1.165) is 17.2 Å². The van der Waals surface area contributed by atoms with Gasteiger partial charge in [0, 0.05) is 17.7 Å². The molecule has 1 aromatic carbocycles. The molecule has 25 heavy (non-hydrogen) atoms. The Hall–Kier alpha value is -2.42. The van der Waals surface area contributed by atoms with Gasteiger partial charge in [0.1, 0.15) is 11.7 Å². The molecule has 0 aliphatic carbocycles. The minimum absolute atomic E-state index is 0.0863. The van der Waals surface area contributed by atoms with Crippen molar-refractivity contribution in [3.63, 3.8) is 0 Å². The van der Waals surface area contributed by atoms with Crippen molar-refractivity contribution in [1.29, 1.82) is 0 Å². The van der Waals surface area contributed by atoms with Crippen LogP contribution in [0, 0.1) is 0 Å². The van der Waals surface area contributed by atoms with Crippen molar-refractivity contribution in [2.75, 3.05) is 7.05 Å². The number of hydrogen-bond donors (Lipinski definition) is 1. The summed E-state index contributed by atoms with van der Waals surface area (Å²) in [5.74, 6) is -1.45. The molecule has 0 unspecified atom stereocenters. The average molecular weight is 416 g/mol. The first-order chi connectivity index (χ1) is 11.6. The summed E-state index contributed by atoms with van der Waals surface area (Å²) in [6.07, 6.45) is -3.78. The number of nitrogens with zero attached hydrogens (tertiary/aromatic N) is 2. The minimum atomic E-state index is -4.60. The van der Waals surface area contributed by atoms with E-state index in [-0.39, 0.29) is 5.56 Å². The van der Waals surface area contributed by atoms with Crippen LogP contribution in [-0.4, -0.2) is 28.7 Å². The first-order valence-corrected chi connectivity index (χ1v) is 7.75. The van der Waals surface area contributed by atoms with Crippen LogP contribution in [0.4, 0.5) is 13.2 Å². The number of rotatable bonds is 4. The van der Waals surface area contributed by atoms with Crippen molar-refractivity contribution in [2.45, 2.75) is 12.2 Å². The number of pyridine rings is 1. The molecule has 2 amide bonds. The van der Waals surface area contributed by atoms with Crippen LogP contribution >= 0.6 is 15.9 Å². The molecule has 1 aromatic heterocycles. The quantitative estimate of drug-likeness (QED) is 0.832. The third-order valence-corrected chi connectivity index (χ3v) is 3.94. The van der Waals surface area contributed by atoms with Crippen LogP contribution in [0.1, 0.15) is 27.7 Å². The summed E-state index contributed by atoms with van der Waals surface area (Å²) in [5.41, 5.74) is 4.68. The Morgan fingerprint density at radius 1 is 1.24 bits per heavy atom. The van der Waals surface area contributed by atoms with Gasteiger partial charge in [-0.3, -0.25) is 14.6 Å². The summed E-state index contributed by atoms with van der Waals surface area (Å²) < 4.78 is 38.3. The minimum Gasteiger partial charge on any atom is -0.368 e. The molecule has 2 N–H and O–H groups in total. The van der Waals surface area contributed by atoms with Gasteiger partial charge in [0.15, 0.2) is 0 Å². The number of carbonyl (C=O) groups excluding carboxylic acids is 2. The van der Waals surface area contributed by atoms with E-state index in [2.05, 4.69) is 20.9 Å². The number of aromatic nitrogens is 1. The Bertz CT molecular complexity index is 794. The van der Waals surface area contributed by atoms with E-state index < -0.39 is 29.7 Å². The Morgan fingerprint density at radius 2 is 1.92 bits per heavy atom. The van der Waals surface area contributed by atoms with Crippen molar-refractivity contribution in [2.24, 2.45) is 5.73 Å². The van der Waals surface area contributed by atoms with E-state index >= 15 is 0 Å². The Labute approximate surface area is 149 Å². The van der Waals surface area contributed by atoms with Crippen LogP contribution in [0.3, 0.4) is 0 Å². The van der Waals surface area contributed by atoms with Crippen molar-refractivity contribution in [3.8, 4) is 0 Å². The highest BCUT2D eigenvalue weighted by atomic mass is 79.9. The molecule has 1 atom stereocenters. The number of amides is 2. The highest BCUT2D eigenvalue weighted by Gasteiger charge is 2.33. The number of carbonyl (C=O) groups is 2. The predicted octanol–water partition coefficient (Wildman–Crippen LogP) is 3.16. The van der Waals surface area contributed by atoms with E-state index in [0.29, 0.717) is 16.1 Å². The second kappa shape index (κ2) is 7.22. The van der Waals surface area contributed by atoms with E-state index in [4.69, 9.17) is 5.73 Å². The smallest absolute Gasteiger partial charge is 0.368 e. The molecular formula is C16H13BrF3N3O2. The van der Waals surface area contributed by atoms with Gasteiger partial charge >= 0.3 is 6.18 Å². The van der Waals surface area contributed by atoms with E-state index in [1.54, 1.807) is 24.3 Å². The predicted molar refractivity (Wildman–Crippen MR) is 87.4 cm³/mol. The number of alkyl halides is 3. The number of nitrogens with two attached hydrogens (primary N) is 1. The highest BCUT2D eigenvalue weighted by Crippen LogP contribution is 2.28. The zero-order valence-electron chi connectivity index (χ0n) is 12.9. The molecule has 0 aliphatic rings. The lowest BCUT2D eigenvalue weighted by atomic mass is 10.0. The molecule has 0 spiro atoms. The Kier molecular flexibility index (Phi) is 5.46. The topological polar surface area (TPSA) is 76.3 Å². The normalized spacial score (nSPS) is 12.5. The maximum Gasteiger partial charge on any atom is 0.433 e. The summed E-state index contributed by atoms with van der Waals surface area (Å²) >= 11 is 3.27. The third-order valence-electron chi connectivity index (χ3n) is 3.44. The number of benzene rings is 1. The molecule has 0 radical (unpaired) electrons. The fourth-order valence-corrected chi connectivity index (χ4v) is 2.68. The van der Waals surface area contributed by atoms with Crippen LogP contribution in [-0.2, 0) is 11.0 Å². The number of hydrogen-bond acceptors (Lipinski definition) is 3. The van der Waals surface area contributed by atoms with Crippen molar-refractivity contribution in [3.05, 3.63) is 63.9 Å². The molecule has 0 fully saturated rings. The zero-order valence-corrected chi connectivity index (χ0v) is 14.5. The summed E-state index contributed by atoms with van der Waals surface area (Å²) in [6, 6.07) is 7.30. The van der Waals surface area contributed by atoms with Gasteiger partial charge in [-0.1, -0.05) is 28.1 Å². The third kappa shape index (κ3) is 4.36. The second-order valence-corrected chi connectivity index (χ2v) is 6.12. The van der Waals surface area contributed by atoms with Gasteiger partial charge in [-0.2, -0.15) is 13.2 Å². The average Bonchev–Trinajstić information content (AvgIpc) is 2.53. The SMILES string of the molecule is CN(C(=O)c1ccc(C(F)(F)F)nc1)[C@H](C(N)=O)c1cccc(Br)c1. The highest BCUT2D eigenvalue weighted by molar-refractivity contribution is 9.10. The maximum absolute atomic E-state index is 12.5. The van der Waals surface area contributed by atoms with Crippen molar-refractivity contribution < 1.29 is 22.8 Å². The van der Waals surface area contributed by atoms with E-state index in [1.165, 1.54) is 7.05 Å². The molecule has 0 saturated heterocycles. The van der Waals surface area contributed by atoms with Crippen LogP contribution < -0.4 is 5.73 Å². The van der Waals surface area contributed by atoms with Crippen LogP contribution in [0.15, 0.2) is 47.1 Å². The molecule has 1 heterocycles. The first-order valence-electron chi connectivity index (χ1n) is 6.96. The van der Waals surface area contributed by atoms with Crippen LogP contribution in [0.2, 0.25) is 0 Å². The summed E-state index contributed by atoms with van der Waals surface area (Å²) in [6.45, 7) is 0. The fraction of sp³-hybridized carbons (Fsp3) is 0.188. The molecule has 2 rings (SSSR count). The second-order valence-electron chi connectivity index (χ2n) is 5.21. The fourth-order valence-electron chi connectivity index (χ4n) is 2.26. The monoisotopic (exact) mass is 415 g/mol. The molecule has 2 aromatic rings. The van der Waals surface area contributed by atoms with Crippen LogP contribution in [0.25, 0.3) is 0 Å². The lowest BCUT2D eigenvalue weighted by Gasteiger charge is -2.26. The van der Waals surface area contributed by atoms with Crippen molar-refractivity contribution >= 4 is 27.7 Å². The molecule has 0 bridgehead atoms. The van der Waals surface area contributed by atoms with Gasteiger partial charge in [0.05, 0.1) is 5.56 Å². The molecule has 0 saturated carbocycles. The summed E-state index contributed by atoms with van der Waals surface area (Å²) in [7, 11) is 1.34. The van der Waals surface area contributed by atoms with Gasteiger partial charge in [-0.05, 0) is 29.8 Å². The molecule has 5 nitrogen and oxygen atoms in total. The van der Waals surface area contributed by atoms with Gasteiger partial charge in [-0.25, -0.2) is 0 Å². The molecule has 0 aliphatic heterocycles. The van der Waals surface area contributed by atoms with E-state index in [9.17, 15) is 22.8 Å².